The fraction of sp³-hybridized carbons (Fsp3) is 0.867. The van der Waals surface area contributed by atoms with E-state index in [1.54, 1.807) is 0 Å². The smallest absolute Gasteiger partial charge is 0.408 e. The number of Topliss-reactive ketones (excluding diaryl/α,β-unsaturated/α-hetero) is 1. The fourth-order valence-corrected chi connectivity index (χ4v) is 2.27. The van der Waals surface area contributed by atoms with Crippen LogP contribution in [0.15, 0.2) is 0 Å². The van der Waals surface area contributed by atoms with Crippen molar-refractivity contribution in [2.75, 3.05) is 20.0 Å². The van der Waals surface area contributed by atoms with E-state index in [-0.39, 0.29) is 30.0 Å². The Bertz CT molecular complexity index is 364. The van der Waals surface area contributed by atoms with E-state index in [9.17, 15) is 9.59 Å². The molecule has 1 rings (SSSR count). The molecule has 122 valence electrons. The number of carbonyl (C=O) groups is 2. The Kier molecular flexibility index (Phi) is 6.61. The van der Waals surface area contributed by atoms with Gasteiger partial charge in [-0.2, -0.15) is 0 Å². The maximum absolute atomic E-state index is 12.0. The molecular weight excluding hydrogens is 274 g/mol. The lowest BCUT2D eigenvalue weighted by Gasteiger charge is -2.31. The number of alkyl carbamates (subject to hydrolysis) is 1. The van der Waals surface area contributed by atoms with E-state index in [1.807, 2.05) is 27.7 Å². The van der Waals surface area contributed by atoms with Gasteiger partial charge in [0, 0.05) is 6.61 Å². The van der Waals surface area contributed by atoms with Crippen molar-refractivity contribution in [2.24, 2.45) is 11.3 Å². The van der Waals surface area contributed by atoms with E-state index < -0.39 is 12.1 Å². The molecule has 1 amide bonds. The minimum atomic E-state index is -0.577. The van der Waals surface area contributed by atoms with Gasteiger partial charge in [0.25, 0.3) is 0 Å². The van der Waals surface area contributed by atoms with Gasteiger partial charge in [0.2, 0.25) is 0 Å². The summed E-state index contributed by atoms with van der Waals surface area (Å²) >= 11 is 0. The number of hydrogen-bond acceptors (Lipinski definition) is 5. The van der Waals surface area contributed by atoms with Gasteiger partial charge < -0.3 is 19.5 Å². The molecule has 1 aliphatic rings. The third-order valence-corrected chi connectivity index (χ3v) is 3.59. The SMILES string of the molecule is CC(=O)C(NC(=O)OC1COCOCCC1C)C(C)(C)C. The summed E-state index contributed by atoms with van der Waals surface area (Å²) < 4.78 is 15.9. The normalized spacial score (nSPS) is 25.4. The molecular formula is C15H27NO5. The molecule has 0 aromatic heterocycles. The summed E-state index contributed by atoms with van der Waals surface area (Å²) in [5.41, 5.74) is -0.359. The maximum Gasteiger partial charge on any atom is 0.408 e. The van der Waals surface area contributed by atoms with Crippen LogP contribution in [-0.2, 0) is 19.0 Å². The van der Waals surface area contributed by atoms with Crippen molar-refractivity contribution in [2.45, 2.75) is 53.2 Å². The number of amides is 1. The topological polar surface area (TPSA) is 73.9 Å². The van der Waals surface area contributed by atoms with Crippen LogP contribution < -0.4 is 5.32 Å². The van der Waals surface area contributed by atoms with Gasteiger partial charge in [-0.3, -0.25) is 4.79 Å². The summed E-state index contributed by atoms with van der Waals surface area (Å²) in [7, 11) is 0. The highest BCUT2D eigenvalue weighted by Gasteiger charge is 2.32. The van der Waals surface area contributed by atoms with Crippen LogP contribution in [0.4, 0.5) is 4.79 Å². The maximum atomic E-state index is 12.0. The van der Waals surface area contributed by atoms with E-state index in [1.165, 1.54) is 6.92 Å². The lowest BCUT2D eigenvalue weighted by molar-refractivity contribution is -0.122. The third-order valence-electron chi connectivity index (χ3n) is 3.59. The van der Waals surface area contributed by atoms with E-state index in [4.69, 9.17) is 14.2 Å². The van der Waals surface area contributed by atoms with Crippen molar-refractivity contribution in [3.05, 3.63) is 0 Å². The molecule has 0 bridgehead atoms. The quantitative estimate of drug-likeness (QED) is 0.864. The van der Waals surface area contributed by atoms with E-state index in [0.717, 1.165) is 6.42 Å². The highest BCUT2D eigenvalue weighted by Crippen LogP contribution is 2.21. The second-order valence-corrected chi connectivity index (χ2v) is 6.66. The summed E-state index contributed by atoms with van der Waals surface area (Å²) in [4.78, 5) is 23.7. The molecule has 0 radical (unpaired) electrons. The van der Waals surface area contributed by atoms with Crippen LogP contribution in [0.5, 0.6) is 0 Å². The van der Waals surface area contributed by atoms with Gasteiger partial charge >= 0.3 is 6.09 Å². The molecule has 1 fully saturated rings. The first-order valence-corrected chi connectivity index (χ1v) is 7.35. The minimum Gasteiger partial charge on any atom is -0.443 e. The highest BCUT2D eigenvalue weighted by molar-refractivity contribution is 5.86. The first-order valence-electron chi connectivity index (χ1n) is 7.35. The molecule has 0 aromatic rings. The van der Waals surface area contributed by atoms with Crippen molar-refractivity contribution in [1.82, 2.24) is 5.32 Å². The van der Waals surface area contributed by atoms with Crippen LogP contribution in [0.3, 0.4) is 0 Å². The Morgan fingerprint density at radius 2 is 1.95 bits per heavy atom. The second-order valence-electron chi connectivity index (χ2n) is 6.66. The zero-order valence-corrected chi connectivity index (χ0v) is 13.6. The summed E-state index contributed by atoms with van der Waals surface area (Å²) in [6, 6.07) is -0.571. The molecule has 1 saturated heterocycles. The minimum absolute atomic E-state index is 0.0881. The molecule has 0 saturated carbocycles. The molecule has 0 aromatic carbocycles. The van der Waals surface area contributed by atoms with Crippen molar-refractivity contribution in [3.63, 3.8) is 0 Å². The number of hydrogen-bond donors (Lipinski definition) is 1. The van der Waals surface area contributed by atoms with Crippen LogP contribution in [0.25, 0.3) is 0 Å². The number of carbonyl (C=O) groups excluding carboxylic acids is 2. The largest absolute Gasteiger partial charge is 0.443 e. The van der Waals surface area contributed by atoms with Gasteiger partial charge in [0.15, 0.2) is 5.78 Å². The molecule has 0 aliphatic carbocycles. The average molecular weight is 301 g/mol. The van der Waals surface area contributed by atoms with Gasteiger partial charge in [0.1, 0.15) is 12.9 Å². The standard InChI is InChI=1S/C15H27NO5/c1-10-6-7-19-9-20-8-12(10)21-14(18)16-13(11(2)17)15(3,4)5/h10,12-13H,6-9H2,1-5H3,(H,16,18). The molecule has 0 spiro atoms. The number of rotatable bonds is 3. The lowest BCUT2D eigenvalue weighted by atomic mass is 9.85. The Balaban J connectivity index is 2.59. The highest BCUT2D eigenvalue weighted by atomic mass is 16.7. The second kappa shape index (κ2) is 7.75. The number of nitrogens with one attached hydrogen (secondary N) is 1. The monoisotopic (exact) mass is 301 g/mol. The number of ketones is 1. The van der Waals surface area contributed by atoms with Crippen LogP contribution >= 0.6 is 0 Å². The van der Waals surface area contributed by atoms with Crippen LogP contribution in [0, 0.1) is 11.3 Å². The van der Waals surface area contributed by atoms with Crippen molar-refractivity contribution in [1.29, 1.82) is 0 Å². The van der Waals surface area contributed by atoms with Crippen LogP contribution in [-0.4, -0.2) is 44.0 Å². The molecule has 1 aliphatic heterocycles. The summed E-state index contributed by atoms with van der Waals surface area (Å²) in [5.74, 6) is 0.0521. The molecule has 21 heavy (non-hydrogen) atoms. The molecule has 6 nitrogen and oxygen atoms in total. The van der Waals surface area contributed by atoms with Crippen molar-refractivity contribution >= 4 is 11.9 Å². The van der Waals surface area contributed by atoms with Gasteiger partial charge in [-0.25, -0.2) is 4.79 Å². The Morgan fingerprint density at radius 1 is 1.29 bits per heavy atom. The molecule has 3 unspecified atom stereocenters. The van der Waals surface area contributed by atoms with Gasteiger partial charge in [-0.15, -0.1) is 0 Å². The van der Waals surface area contributed by atoms with Crippen molar-refractivity contribution < 1.29 is 23.8 Å². The number of ether oxygens (including phenoxy) is 3. The van der Waals surface area contributed by atoms with Gasteiger partial charge in [0.05, 0.1) is 12.6 Å². The first kappa shape index (κ1) is 17.9. The fourth-order valence-electron chi connectivity index (χ4n) is 2.27. The zero-order valence-electron chi connectivity index (χ0n) is 13.6. The molecule has 6 heteroatoms. The van der Waals surface area contributed by atoms with Crippen LogP contribution in [0.2, 0.25) is 0 Å². The first-order chi connectivity index (χ1) is 9.71. The average Bonchev–Trinajstić information content (AvgIpc) is 2.34. The Hall–Kier alpha value is -1.14. The predicted octanol–water partition coefficient (Wildman–Crippen LogP) is 2.12. The summed E-state index contributed by atoms with van der Waals surface area (Å²) in [5, 5.41) is 2.66. The summed E-state index contributed by atoms with van der Waals surface area (Å²) in [6.45, 7) is 10.3. The lowest BCUT2D eigenvalue weighted by Crippen LogP contribution is -2.49. The zero-order chi connectivity index (χ0) is 16.0. The predicted molar refractivity (Wildman–Crippen MR) is 77.9 cm³/mol. The molecule has 1 heterocycles. The van der Waals surface area contributed by atoms with Crippen molar-refractivity contribution in [3.8, 4) is 0 Å². The summed E-state index contributed by atoms with van der Waals surface area (Å²) in [6.07, 6.45) is -0.106. The van der Waals surface area contributed by atoms with E-state index >= 15 is 0 Å². The van der Waals surface area contributed by atoms with Gasteiger partial charge in [-0.05, 0) is 24.7 Å². The molecule has 3 atom stereocenters. The Morgan fingerprint density at radius 3 is 2.52 bits per heavy atom. The van der Waals surface area contributed by atoms with E-state index in [2.05, 4.69) is 5.32 Å². The third kappa shape index (κ3) is 6.01. The van der Waals surface area contributed by atoms with Gasteiger partial charge in [-0.1, -0.05) is 27.7 Å². The Labute approximate surface area is 126 Å². The molecule has 1 N–H and O–H groups in total. The van der Waals surface area contributed by atoms with Crippen LogP contribution in [0.1, 0.15) is 41.0 Å². The van der Waals surface area contributed by atoms with E-state index in [0.29, 0.717) is 13.2 Å².